The molecule has 0 aliphatic heterocycles. The molecule has 0 saturated carbocycles. The molecular weight excluding hydrogens is 356 g/mol. The minimum Gasteiger partial charge on any atom is -0.463 e. The van der Waals surface area contributed by atoms with Gasteiger partial charge in [0.2, 0.25) is 5.78 Å². The molecule has 134 valence electrons. The molecule has 3 aromatic rings. The van der Waals surface area contributed by atoms with E-state index >= 15 is 0 Å². The van der Waals surface area contributed by atoms with Gasteiger partial charge < -0.3 is 14.5 Å². The first-order chi connectivity index (χ1) is 12.7. The zero-order valence-corrected chi connectivity index (χ0v) is 14.7. The molecule has 8 nitrogen and oxygen atoms in total. The van der Waals surface area contributed by atoms with E-state index in [1.807, 2.05) is 0 Å². The number of amides is 2. The number of hydrogen-bond donors (Lipinski definition) is 2. The first-order valence-corrected chi connectivity index (χ1v) is 8.55. The van der Waals surface area contributed by atoms with Crippen LogP contribution in [0.3, 0.4) is 0 Å². The number of carbonyl (C=O) groups excluding carboxylic acids is 2. The first kappa shape index (κ1) is 17.8. The summed E-state index contributed by atoms with van der Waals surface area (Å²) in [6, 6.07) is 8.06. The van der Waals surface area contributed by atoms with Crippen molar-refractivity contribution < 1.29 is 18.7 Å². The monoisotopic (exact) mass is 372 g/mol. The SMILES string of the molecule is COCCNC(=O)Nc1nc(-c2ccco2)c(C(=O)c2ccccn2)s1. The van der Waals surface area contributed by atoms with Crippen LogP contribution in [0.25, 0.3) is 11.5 Å². The van der Waals surface area contributed by atoms with Crippen molar-refractivity contribution in [3.63, 3.8) is 0 Å². The molecule has 9 heteroatoms. The number of ketones is 1. The van der Waals surface area contributed by atoms with Crippen LogP contribution in [0.5, 0.6) is 0 Å². The van der Waals surface area contributed by atoms with E-state index in [1.54, 1.807) is 43.6 Å². The molecule has 0 aromatic carbocycles. The van der Waals surface area contributed by atoms with E-state index in [0.29, 0.717) is 35.2 Å². The van der Waals surface area contributed by atoms with E-state index in [-0.39, 0.29) is 10.9 Å². The van der Waals surface area contributed by atoms with Gasteiger partial charge in [0.05, 0.1) is 12.9 Å². The average Bonchev–Trinajstić information content (AvgIpc) is 3.31. The normalized spacial score (nSPS) is 10.5. The fourth-order valence-electron chi connectivity index (χ4n) is 2.13. The standard InChI is InChI=1S/C17H16N4O4S/c1-24-10-8-19-16(23)21-17-20-13(12-6-4-9-25-12)15(26-17)14(22)11-5-2-3-7-18-11/h2-7,9H,8,10H2,1H3,(H2,19,20,21,23). The van der Waals surface area contributed by atoms with Gasteiger partial charge in [-0.1, -0.05) is 17.4 Å². The topological polar surface area (TPSA) is 106 Å². The summed E-state index contributed by atoms with van der Waals surface area (Å²) < 4.78 is 10.2. The third-order valence-corrected chi connectivity index (χ3v) is 4.27. The van der Waals surface area contributed by atoms with Gasteiger partial charge in [-0.05, 0) is 24.3 Å². The maximum atomic E-state index is 12.8. The Bertz CT molecular complexity index is 878. The molecule has 0 atom stereocenters. The number of carbonyl (C=O) groups is 2. The van der Waals surface area contributed by atoms with Crippen LogP contribution in [0.15, 0.2) is 47.2 Å². The van der Waals surface area contributed by atoms with Crippen LogP contribution < -0.4 is 10.6 Å². The van der Waals surface area contributed by atoms with Gasteiger partial charge in [0.1, 0.15) is 16.3 Å². The summed E-state index contributed by atoms with van der Waals surface area (Å²) in [5, 5.41) is 5.53. The van der Waals surface area contributed by atoms with Crippen LogP contribution in [0.1, 0.15) is 15.4 Å². The molecule has 3 rings (SSSR count). The Kier molecular flexibility index (Phi) is 5.72. The number of methoxy groups -OCH3 is 1. The maximum Gasteiger partial charge on any atom is 0.321 e. The van der Waals surface area contributed by atoms with Gasteiger partial charge in [-0.15, -0.1) is 0 Å². The molecule has 0 spiro atoms. The summed E-state index contributed by atoms with van der Waals surface area (Å²) >= 11 is 1.06. The summed E-state index contributed by atoms with van der Waals surface area (Å²) in [6.45, 7) is 0.755. The molecule has 0 radical (unpaired) electrons. The number of pyridine rings is 1. The molecule has 2 amide bonds. The second-order valence-corrected chi connectivity index (χ2v) is 6.09. The quantitative estimate of drug-likeness (QED) is 0.488. The van der Waals surface area contributed by atoms with Crippen molar-refractivity contribution in [1.29, 1.82) is 0 Å². The Labute approximate surface area is 153 Å². The van der Waals surface area contributed by atoms with Crippen LogP contribution in [0.4, 0.5) is 9.93 Å². The molecule has 3 heterocycles. The highest BCUT2D eigenvalue weighted by Gasteiger charge is 2.23. The molecule has 0 bridgehead atoms. The molecule has 2 N–H and O–H groups in total. The van der Waals surface area contributed by atoms with Crippen LogP contribution >= 0.6 is 11.3 Å². The third-order valence-electron chi connectivity index (χ3n) is 3.30. The Hall–Kier alpha value is -3.04. The number of nitrogens with one attached hydrogen (secondary N) is 2. The number of furan rings is 1. The van der Waals surface area contributed by atoms with Crippen LogP contribution in [-0.2, 0) is 4.74 Å². The zero-order chi connectivity index (χ0) is 18.4. The van der Waals surface area contributed by atoms with Crippen LogP contribution in [-0.4, -0.2) is 42.0 Å². The second-order valence-electron chi connectivity index (χ2n) is 5.09. The lowest BCUT2D eigenvalue weighted by molar-refractivity contribution is 0.103. The number of urea groups is 1. The highest BCUT2D eigenvalue weighted by molar-refractivity contribution is 7.18. The van der Waals surface area contributed by atoms with Crippen molar-refractivity contribution in [3.05, 3.63) is 53.4 Å². The largest absolute Gasteiger partial charge is 0.463 e. The highest BCUT2D eigenvalue weighted by atomic mass is 32.1. The molecule has 0 saturated heterocycles. The number of hydrogen-bond acceptors (Lipinski definition) is 7. The van der Waals surface area contributed by atoms with Gasteiger partial charge in [-0.2, -0.15) is 0 Å². The van der Waals surface area contributed by atoms with Gasteiger partial charge in [-0.3, -0.25) is 15.1 Å². The van der Waals surface area contributed by atoms with E-state index in [9.17, 15) is 9.59 Å². The van der Waals surface area contributed by atoms with Gasteiger partial charge in [0, 0.05) is 19.9 Å². The number of rotatable bonds is 7. The summed E-state index contributed by atoms with van der Waals surface area (Å²) in [7, 11) is 1.55. The minimum absolute atomic E-state index is 0.283. The zero-order valence-electron chi connectivity index (χ0n) is 13.9. The molecular formula is C17H16N4O4S. The van der Waals surface area contributed by atoms with E-state index in [2.05, 4.69) is 20.6 Å². The molecule has 0 fully saturated rings. The van der Waals surface area contributed by atoms with Gasteiger partial charge >= 0.3 is 6.03 Å². The molecule has 3 aromatic heterocycles. The number of nitrogens with zero attached hydrogens (tertiary/aromatic N) is 2. The third kappa shape index (κ3) is 4.13. The van der Waals surface area contributed by atoms with Gasteiger partial charge in [-0.25, -0.2) is 9.78 Å². The molecule has 26 heavy (non-hydrogen) atoms. The number of thiazole rings is 1. The van der Waals surface area contributed by atoms with E-state index in [4.69, 9.17) is 9.15 Å². The average molecular weight is 372 g/mol. The predicted molar refractivity (Wildman–Crippen MR) is 96.4 cm³/mol. The molecule has 0 aliphatic carbocycles. The Balaban J connectivity index is 1.87. The number of ether oxygens (including phenoxy) is 1. The Morgan fingerprint density at radius 3 is 2.85 bits per heavy atom. The lowest BCUT2D eigenvalue weighted by Crippen LogP contribution is -2.31. The van der Waals surface area contributed by atoms with Crippen molar-refractivity contribution in [3.8, 4) is 11.5 Å². The van der Waals surface area contributed by atoms with Crippen molar-refractivity contribution in [2.75, 3.05) is 25.6 Å². The number of aromatic nitrogens is 2. The number of anilines is 1. The molecule has 0 aliphatic rings. The van der Waals surface area contributed by atoms with Gasteiger partial charge in [0.15, 0.2) is 10.9 Å². The van der Waals surface area contributed by atoms with Crippen molar-refractivity contribution >= 4 is 28.3 Å². The van der Waals surface area contributed by atoms with Crippen LogP contribution in [0, 0.1) is 0 Å². The van der Waals surface area contributed by atoms with E-state index in [0.717, 1.165) is 11.3 Å². The fourth-order valence-corrected chi connectivity index (χ4v) is 3.04. The highest BCUT2D eigenvalue weighted by Crippen LogP contribution is 2.32. The summed E-state index contributed by atoms with van der Waals surface area (Å²) in [5.41, 5.74) is 0.655. The Morgan fingerprint density at radius 2 is 2.15 bits per heavy atom. The van der Waals surface area contributed by atoms with Crippen molar-refractivity contribution in [1.82, 2.24) is 15.3 Å². The summed E-state index contributed by atoms with van der Waals surface area (Å²) in [6.07, 6.45) is 3.04. The lowest BCUT2D eigenvalue weighted by Gasteiger charge is -2.03. The Morgan fingerprint density at radius 1 is 1.27 bits per heavy atom. The van der Waals surface area contributed by atoms with E-state index in [1.165, 1.54) is 6.26 Å². The summed E-state index contributed by atoms with van der Waals surface area (Å²) in [5.74, 6) is 0.149. The van der Waals surface area contributed by atoms with Crippen molar-refractivity contribution in [2.45, 2.75) is 0 Å². The minimum atomic E-state index is -0.432. The molecule has 0 unspecified atom stereocenters. The van der Waals surface area contributed by atoms with Crippen LogP contribution in [0.2, 0.25) is 0 Å². The maximum absolute atomic E-state index is 12.8. The second kappa shape index (κ2) is 8.37. The fraction of sp³-hybridized carbons (Fsp3) is 0.176. The summed E-state index contributed by atoms with van der Waals surface area (Å²) in [4.78, 5) is 33.5. The first-order valence-electron chi connectivity index (χ1n) is 7.73. The predicted octanol–water partition coefficient (Wildman–Crippen LogP) is 2.80. The van der Waals surface area contributed by atoms with Crippen molar-refractivity contribution in [2.24, 2.45) is 0 Å². The van der Waals surface area contributed by atoms with E-state index < -0.39 is 6.03 Å². The smallest absolute Gasteiger partial charge is 0.321 e. The van der Waals surface area contributed by atoms with Gasteiger partial charge in [0.25, 0.3) is 0 Å². The lowest BCUT2D eigenvalue weighted by atomic mass is 10.1.